The number of aromatic nitrogens is 6. The number of pyridine rings is 1. The third-order valence-corrected chi connectivity index (χ3v) is 6.33. The molecule has 1 aliphatic rings. The van der Waals surface area contributed by atoms with E-state index < -0.39 is 0 Å². The van der Waals surface area contributed by atoms with Gasteiger partial charge < -0.3 is 4.90 Å². The van der Waals surface area contributed by atoms with Crippen molar-refractivity contribution in [2.24, 2.45) is 0 Å². The number of carbonyl (C=O) groups is 1. The quantitative estimate of drug-likeness (QED) is 0.464. The van der Waals surface area contributed by atoms with Crippen molar-refractivity contribution < 1.29 is 4.79 Å². The van der Waals surface area contributed by atoms with Gasteiger partial charge in [-0.2, -0.15) is 0 Å². The van der Waals surface area contributed by atoms with E-state index in [0.29, 0.717) is 11.3 Å². The fourth-order valence-corrected chi connectivity index (χ4v) is 4.69. The van der Waals surface area contributed by atoms with E-state index in [1.165, 1.54) is 6.33 Å². The molecule has 0 amide bonds. The van der Waals surface area contributed by atoms with Gasteiger partial charge in [-0.25, -0.2) is 19.7 Å². The Bertz CT molecular complexity index is 1540. The number of imidazole rings is 1. The molecule has 0 bridgehead atoms. The van der Waals surface area contributed by atoms with Crippen LogP contribution in [-0.4, -0.2) is 48.1 Å². The van der Waals surface area contributed by atoms with Gasteiger partial charge in [-0.3, -0.25) is 18.9 Å². The normalized spacial score (nSPS) is 14.8. The summed E-state index contributed by atoms with van der Waals surface area (Å²) >= 11 is 0. The Morgan fingerprint density at radius 3 is 2.67 bits per heavy atom. The highest BCUT2D eigenvalue weighted by molar-refractivity contribution is 6.01. The molecule has 5 heterocycles. The molecule has 6 rings (SSSR count). The van der Waals surface area contributed by atoms with Crippen molar-refractivity contribution in [2.75, 3.05) is 18.0 Å². The summed E-state index contributed by atoms with van der Waals surface area (Å²) in [6.45, 7) is 1.45. The number of para-hydroxylation sites is 1. The lowest BCUT2D eigenvalue weighted by molar-refractivity contribution is 0.0960. The second-order valence-corrected chi connectivity index (χ2v) is 8.20. The van der Waals surface area contributed by atoms with Crippen LogP contribution in [0.15, 0.2) is 72.0 Å². The van der Waals surface area contributed by atoms with Crippen molar-refractivity contribution in [3.05, 3.63) is 83.4 Å². The predicted molar refractivity (Wildman–Crippen MR) is 125 cm³/mol. The first-order chi connectivity index (χ1) is 16.2. The van der Waals surface area contributed by atoms with Crippen molar-refractivity contribution in [3.8, 4) is 0 Å². The number of anilines is 1. The van der Waals surface area contributed by atoms with Crippen LogP contribution in [0.5, 0.6) is 0 Å². The van der Waals surface area contributed by atoms with Gasteiger partial charge in [0.1, 0.15) is 17.8 Å². The summed E-state index contributed by atoms with van der Waals surface area (Å²) in [5, 5.41) is 1.00. The second-order valence-electron chi connectivity index (χ2n) is 8.20. The van der Waals surface area contributed by atoms with Gasteiger partial charge in [0.2, 0.25) is 0 Å². The molecule has 4 aromatic heterocycles. The van der Waals surface area contributed by atoms with Crippen LogP contribution in [0.1, 0.15) is 29.4 Å². The molecule has 9 heteroatoms. The van der Waals surface area contributed by atoms with Gasteiger partial charge in [0, 0.05) is 43.0 Å². The van der Waals surface area contributed by atoms with Crippen LogP contribution in [0.3, 0.4) is 0 Å². The highest BCUT2D eigenvalue weighted by atomic mass is 16.2. The van der Waals surface area contributed by atoms with Crippen LogP contribution < -0.4 is 10.6 Å². The molecule has 0 spiro atoms. The second kappa shape index (κ2) is 7.70. The van der Waals surface area contributed by atoms with Gasteiger partial charge in [0.05, 0.1) is 11.0 Å². The lowest BCUT2D eigenvalue weighted by Crippen LogP contribution is -2.37. The number of nitrogens with zero attached hydrogens (tertiary/aromatic N) is 6. The molecule has 9 nitrogen and oxygen atoms in total. The molecular formula is C24H21N7O2. The maximum Gasteiger partial charge on any atom is 0.327 e. The summed E-state index contributed by atoms with van der Waals surface area (Å²) in [5.74, 6) is 0.531. The Kier molecular flexibility index (Phi) is 4.53. The number of benzene rings is 1. The van der Waals surface area contributed by atoms with Crippen molar-refractivity contribution in [1.82, 2.24) is 29.1 Å². The third kappa shape index (κ3) is 3.29. The number of carbonyl (C=O) groups excluding carboxylic acids is 1. The topological polar surface area (TPSA) is 102 Å². The average molecular weight is 439 g/mol. The molecule has 0 radical (unpaired) electrons. The molecule has 0 saturated carbocycles. The minimum absolute atomic E-state index is 0.0841. The van der Waals surface area contributed by atoms with Crippen LogP contribution >= 0.6 is 0 Å². The number of fused-ring (bicyclic) bond motifs is 2. The first kappa shape index (κ1) is 19.4. The first-order valence-electron chi connectivity index (χ1n) is 10.9. The summed E-state index contributed by atoms with van der Waals surface area (Å²) in [6.07, 6.45) is 6.47. The predicted octanol–water partition coefficient (Wildman–Crippen LogP) is 3.00. The summed E-state index contributed by atoms with van der Waals surface area (Å²) in [6, 6.07) is 15.3. The Morgan fingerprint density at radius 2 is 1.79 bits per heavy atom. The lowest BCUT2D eigenvalue weighted by Gasteiger charge is -2.33. The summed E-state index contributed by atoms with van der Waals surface area (Å²) in [4.78, 5) is 43.5. The fraction of sp³-hybridized carbons (Fsp3) is 0.208. The van der Waals surface area contributed by atoms with E-state index in [2.05, 4.69) is 24.8 Å². The number of aromatic amines is 1. The monoisotopic (exact) mass is 439 g/mol. The van der Waals surface area contributed by atoms with E-state index in [4.69, 9.17) is 0 Å². The zero-order chi connectivity index (χ0) is 22.4. The van der Waals surface area contributed by atoms with E-state index in [0.717, 1.165) is 48.2 Å². The Morgan fingerprint density at radius 1 is 0.970 bits per heavy atom. The van der Waals surface area contributed by atoms with Crippen molar-refractivity contribution in [1.29, 1.82) is 0 Å². The molecule has 1 fully saturated rings. The Hall–Kier alpha value is -4.27. The van der Waals surface area contributed by atoms with Crippen LogP contribution in [0.25, 0.3) is 22.1 Å². The largest absolute Gasteiger partial charge is 0.356 e. The maximum absolute atomic E-state index is 13.1. The molecule has 1 aliphatic heterocycles. The molecule has 1 saturated heterocycles. The van der Waals surface area contributed by atoms with Crippen LogP contribution in [0, 0.1) is 0 Å². The van der Waals surface area contributed by atoms with E-state index >= 15 is 0 Å². The third-order valence-electron chi connectivity index (χ3n) is 6.33. The number of H-pyrrole nitrogens is 1. The van der Waals surface area contributed by atoms with Crippen LogP contribution in [-0.2, 0) is 0 Å². The lowest BCUT2D eigenvalue weighted by atomic mass is 10.0. The van der Waals surface area contributed by atoms with Crippen molar-refractivity contribution >= 4 is 33.8 Å². The van der Waals surface area contributed by atoms with E-state index in [-0.39, 0.29) is 17.6 Å². The van der Waals surface area contributed by atoms with Crippen LogP contribution in [0.2, 0.25) is 0 Å². The van der Waals surface area contributed by atoms with Gasteiger partial charge in [0.25, 0.3) is 5.91 Å². The summed E-state index contributed by atoms with van der Waals surface area (Å²) in [7, 11) is 0. The highest BCUT2D eigenvalue weighted by Gasteiger charge is 2.25. The fourth-order valence-electron chi connectivity index (χ4n) is 4.69. The van der Waals surface area contributed by atoms with Crippen LogP contribution in [0.4, 0.5) is 5.82 Å². The molecule has 0 aliphatic carbocycles. The zero-order valence-electron chi connectivity index (χ0n) is 17.8. The smallest absolute Gasteiger partial charge is 0.327 e. The minimum atomic E-state index is -0.187. The minimum Gasteiger partial charge on any atom is -0.356 e. The maximum atomic E-state index is 13.1. The Balaban J connectivity index is 1.23. The van der Waals surface area contributed by atoms with Gasteiger partial charge >= 0.3 is 5.69 Å². The number of nitrogens with one attached hydrogen (secondary N) is 1. The van der Waals surface area contributed by atoms with Gasteiger partial charge in [-0.1, -0.05) is 18.2 Å². The molecule has 164 valence electrons. The summed E-state index contributed by atoms with van der Waals surface area (Å²) < 4.78 is 3.43. The molecule has 5 aromatic rings. The van der Waals surface area contributed by atoms with Gasteiger partial charge in [-0.15, -0.1) is 0 Å². The SMILES string of the molecule is O=C(c1cc(N2CCC(n3c(=O)[nH]c4ncccc43)CC2)ncn1)n1ccc2ccccc21. The van der Waals surface area contributed by atoms with Gasteiger partial charge in [-0.05, 0) is 37.1 Å². The molecule has 1 aromatic carbocycles. The highest BCUT2D eigenvalue weighted by Crippen LogP contribution is 2.27. The number of hydrogen-bond acceptors (Lipinski definition) is 6. The molecule has 33 heavy (non-hydrogen) atoms. The number of piperidine rings is 1. The molecule has 0 atom stereocenters. The van der Waals surface area contributed by atoms with Crippen molar-refractivity contribution in [2.45, 2.75) is 18.9 Å². The van der Waals surface area contributed by atoms with E-state index in [9.17, 15) is 9.59 Å². The first-order valence-corrected chi connectivity index (χ1v) is 10.9. The zero-order valence-corrected chi connectivity index (χ0v) is 17.8. The van der Waals surface area contributed by atoms with E-state index in [1.807, 2.05) is 47.0 Å². The molecule has 1 N–H and O–H groups in total. The number of rotatable bonds is 3. The van der Waals surface area contributed by atoms with E-state index in [1.54, 1.807) is 23.0 Å². The van der Waals surface area contributed by atoms with Crippen molar-refractivity contribution in [3.63, 3.8) is 0 Å². The molecule has 0 unspecified atom stereocenters. The standard InChI is InChI=1S/C24H21N7O2/c32-23(30-13-7-16-4-1-2-5-19(16)30)18-14-21(27-15-26-18)29-11-8-17(9-12-29)31-20-6-3-10-25-22(20)28-24(31)33/h1-7,10,13-15,17H,8-9,11-12H2,(H,25,28,33). The number of hydrogen-bond donors (Lipinski definition) is 1. The molecular weight excluding hydrogens is 418 g/mol. The summed E-state index contributed by atoms with van der Waals surface area (Å²) in [5.41, 5.74) is 2.51. The average Bonchev–Trinajstić information content (AvgIpc) is 3.44. The Labute approximate surface area is 188 Å². The van der Waals surface area contributed by atoms with Gasteiger partial charge in [0.15, 0.2) is 5.65 Å².